The van der Waals surface area contributed by atoms with Gasteiger partial charge < -0.3 is 11.1 Å². The van der Waals surface area contributed by atoms with Gasteiger partial charge >= 0.3 is 0 Å². The molecule has 1 saturated heterocycles. The topological polar surface area (TPSA) is 38.0 Å². The molecule has 2 rings (SSSR count). The van der Waals surface area contributed by atoms with Gasteiger partial charge in [-0.05, 0) is 30.7 Å². The Morgan fingerprint density at radius 2 is 2.12 bits per heavy atom. The van der Waals surface area contributed by atoms with E-state index in [-0.39, 0.29) is 0 Å². The Morgan fingerprint density at radius 1 is 1.38 bits per heavy atom. The molecule has 1 aliphatic rings. The van der Waals surface area contributed by atoms with Gasteiger partial charge in [0, 0.05) is 11.8 Å². The largest absolute Gasteiger partial charge is 0.397 e. The first-order valence-corrected chi connectivity index (χ1v) is 7.07. The molecule has 1 fully saturated rings. The van der Waals surface area contributed by atoms with E-state index < -0.39 is 0 Å². The molecule has 2 nitrogen and oxygen atoms in total. The standard InChI is InChI=1S/C11H14Cl2N2S/c12-8-4-10(14)11(5-9(8)13)15-6-7-2-1-3-16-7/h4-5,7,15H,1-3,6,14H2. The van der Waals surface area contributed by atoms with Crippen LogP contribution in [0.3, 0.4) is 0 Å². The average Bonchev–Trinajstić information content (AvgIpc) is 2.74. The van der Waals surface area contributed by atoms with Crippen LogP contribution in [0.25, 0.3) is 0 Å². The maximum atomic E-state index is 5.95. The first-order chi connectivity index (χ1) is 7.66. The maximum absolute atomic E-state index is 5.95. The number of hydrogen-bond donors (Lipinski definition) is 2. The summed E-state index contributed by atoms with van der Waals surface area (Å²) >= 11 is 13.8. The third kappa shape index (κ3) is 2.90. The molecule has 0 radical (unpaired) electrons. The van der Waals surface area contributed by atoms with Crippen LogP contribution in [0.2, 0.25) is 10.0 Å². The van der Waals surface area contributed by atoms with Gasteiger partial charge in [0.15, 0.2) is 0 Å². The highest BCUT2D eigenvalue weighted by Crippen LogP contribution is 2.32. The van der Waals surface area contributed by atoms with E-state index in [4.69, 9.17) is 28.9 Å². The summed E-state index contributed by atoms with van der Waals surface area (Å²) in [4.78, 5) is 0. The van der Waals surface area contributed by atoms with Gasteiger partial charge in [-0.3, -0.25) is 0 Å². The van der Waals surface area contributed by atoms with E-state index in [1.807, 2.05) is 11.8 Å². The van der Waals surface area contributed by atoms with Crippen LogP contribution >= 0.6 is 35.0 Å². The second kappa shape index (κ2) is 5.39. The Morgan fingerprint density at radius 3 is 2.81 bits per heavy atom. The van der Waals surface area contributed by atoms with E-state index in [0.717, 1.165) is 12.2 Å². The molecule has 0 bridgehead atoms. The summed E-state index contributed by atoms with van der Waals surface area (Å²) in [7, 11) is 0. The minimum absolute atomic E-state index is 0.500. The van der Waals surface area contributed by atoms with Crippen LogP contribution in [-0.2, 0) is 0 Å². The molecule has 0 spiro atoms. The third-order valence-corrected chi connectivity index (χ3v) is 4.76. The molecule has 88 valence electrons. The van der Waals surface area contributed by atoms with Crippen molar-refractivity contribution in [2.24, 2.45) is 0 Å². The summed E-state index contributed by atoms with van der Waals surface area (Å²) in [6, 6.07) is 3.48. The predicted octanol–water partition coefficient (Wildman–Crippen LogP) is 3.88. The van der Waals surface area contributed by atoms with Crippen molar-refractivity contribution in [3.8, 4) is 0 Å². The lowest BCUT2D eigenvalue weighted by atomic mass is 10.2. The summed E-state index contributed by atoms with van der Waals surface area (Å²) in [6.07, 6.45) is 2.59. The summed E-state index contributed by atoms with van der Waals surface area (Å²) in [5.74, 6) is 1.27. The maximum Gasteiger partial charge on any atom is 0.0614 e. The smallest absolute Gasteiger partial charge is 0.0614 e. The van der Waals surface area contributed by atoms with Crippen molar-refractivity contribution in [2.45, 2.75) is 18.1 Å². The van der Waals surface area contributed by atoms with Gasteiger partial charge in [0.05, 0.1) is 21.4 Å². The average molecular weight is 277 g/mol. The molecular weight excluding hydrogens is 263 g/mol. The van der Waals surface area contributed by atoms with E-state index >= 15 is 0 Å². The normalized spacial score (nSPS) is 20.0. The predicted molar refractivity (Wildman–Crippen MR) is 74.8 cm³/mol. The first kappa shape index (κ1) is 12.2. The van der Waals surface area contributed by atoms with E-state index in [2.05, 4.69) is 5.32 Å². The molecule has 1 atom stereocenters. The number of hydrogen-bond acceptors (Lipinski definition) is 3. The molecule has 0 amide bonds. The molecular formula is C11H14Cl2N2S. The molecule has 1 unspecified atom stereocenters. The summed E-state index contributed by atoms with van der Waals surface area (Å²) in [5, 5.41) is 5.06. The second-order valence-corrected chi connectivity index (χ2v) is 6.09. The van der Waals surface area contributed by atoms with Crippen molar-refractivity contribution in [2.75, 3.05) is 23.3 Å². The number of benzene rings is 1. The van der Waals surface area contributed by atoms with Crippen molar-refractivity contribution in [1.29, 1.82) is 0 Å². The molecule has 0 aliphatic carbocycles. The zero-order chi connectivity index (χ0) is 11.5. The summed E-state index contributed by atoms with van der Waals surface area (Å²) in [6.45, 7) is 0.937. The lowest BCUT2D eigenvalue weighted by molar-refractivity contribution is 0.806. The fourth-order valence-electron chi connectivity index (χ4n) is 1.74. The van der Waals surface area contributed by atoms with Crippen molar-refractivity contribution in [3.05, 3.63) is 22.2 Å². The fourth-order valence-corrected chi connectivity index (χ4v) is 3.28. The molecule has 0 saturated carbocycles. The van der Waals surface area contributed by atoms with E-state index in [9.17, 15) is 0 Å². The van der Waals surface area contributed by atoms with Gasteiger partial charge in [-0.15, -0.1) is 0 Å². The number of halogens is 2. The van der Waals surface area contributed by atoms with E-state index in [1.165, 1.54) is 18.6 Å². The fraction of sp³-hybridized carbons (Fsp3) is 0.455. The number of anilines is 2. The highest BCUT2D eigenvalue weighted by Gasteiger charge is 2.15. The van der Waals surface area contributed by atoms with Crippen LogP contribution in [0.5, 0.6) is 0 Å². The highest BCUT2D eigenvalue weighted by atomic mass is 35.5. The number of nitrogen functional groups attached to an aromatic ring is 1. The molecule has 1 aromatic rings. The number of nitrogens with one attached hydrogen (secondary N) is 1. The molecule has 1 aliphatic heterocycles. The Labute approximate surface area is 110 Å². The number of thioether (sulfide) groups is 1. The molecule has 5 heteroatoms. The summed E-state index contributed by atoms with van der Waals surface area (Å²) < 4.78 is 0. The molecule has 0 aromatic heterocycles. The van der Waals surface area contributed by atoms with Crippen LogP contribution in [0, 0.1) is 0 Å². The van der Waals surface area contributed by atoms with Gasteiger partial charge in [0.2, 0.25) is 0 Å². The minimum atomic E-state index is 0.500. The highest BCUT2D eigenvalue weighted by molar-refractivity contribution is 8.00. The van der Waals surface area contributed by atoms with E-state index in [0.29, 0.717) is 21.0 Å². The molecule has 1 heterocycles. The van der Waals surface area contributed by atoms with Crippen molar-refractivity contribution >= 4 is 46.3 Å². The van der Waals surface area contributed by atoms with Crippen LogP contribution in [0.4, 0.5) is 11.4 Å². The Kier molecular flexibility index (Phi) is 4.11. The zero-order valence-corrected chi connectivity index (χ0v) is 11.1. The number of nitrogens with two attached hydrogens (primary N) is 1. The zero-order valence-electron chi connectivity index (χ0n) is 8.80. The first-order valence-electron chi connectivity index (χ1n) is 5.27. The third-order valence-electron chi connectivity index (χ3n) is 2.64. The van der Waals surface area contributed by atoms with Crippen LogP contribution in [0.15, 0.2) is 12.1 Å². The molecule has 16 heavy (non-hydrogen) atoms. The monoisotopic (exact) mass is 276 g/mol. The van der Waals surface area contributed by atoms with Crippen LogP contribution in [0.1, 0.15) is 12.8 Å². The van der Waals surface area contributed by atoms with Gasteiger partial charge in [-0.25, -0.2) is 0 Å². The SMILES string of the molecule is Nc1cc(Cl)c(Cl)cc1NCC1CCCS1. The Balaban J connectivity index is 2.00. The Hall–Kier alpha value is -0.250. The van der Waals surface area contributed by atoms with Crippen LogP contribution < -0.4 is 11.1 Å². The van der Waals surface area contributed by atoms with Crippen molar-refractivity contribution in [3.63, 3.8) is 0 Å². The minimum Gasteiger partial charge on any atom is -0.397 e. The Bertz CT molecular complexity index is 378. The summed E-state index contributed by atoms with van der Waals surface area (Å²) in [5.41, 5.74) is 7.39. The second-order valence-electron chi connectivity index (χ2n) is 3.87. The van der Waals surface area contributed by atoms with Gasteiger partial charge in [0.1, 0.15) is 0 Å². The van der Waals surface area contributed by atoms with Crippen molar-refractivity contribution < 1.29 is 0 Å². The van der Waals surface area contributed by atoms with Gasteiger partial charge in [-0.2, -0.15) is 11.8 Å². The van der Waals surface area contributed by atoms with Gasteiger partial charge in [0.25, 0.3) is 0 Å². The quantitative estimate of drug-likeness (QED) is 0.823. The lowest BCUT2D eigenvalue weighted by Gasteiger charge is -2.14. The molecule has 3 N–H and O–H groups in total. The van der Waals surface area contributed by atoms with Gasteiger partial charge in [-0.1, -0.05) is 23.2 Å². The van der Waals surface area contributed by atoms with Crippen molar-refractivity contribution in [1.82, 2.24) is 0 Å². The molecule has 1 aromatic carbocycles. The number of rotatable bonds is 3. The van der Waals surface area contributed by atoms with Crippen LogP contribution in [-0.4, -0.2) is 17.5 Å². The lowest BCUT2D eigenvalue weighted by Crippen LogP contribution is -2.14. The van der Waals surface area contributed by atoms with E-state index in [1.54, 1.807) is 12.1 Å².